The van der Waals surface area contributed by atoms with Gasteiger partial charge in [-0.25, -0.2) is 9.97 Å². The van der Waals surface area contributed by atoms with Crippen LogP contribution in [0.25, 0.3) is 0 Å². The Morgan fingerprint density at radius 1 is 1.50 bits per heavy atom. The zero-order valence-corrected chi connectivity index (χ0v) is 13.4. The minimum Gasteiger partial charge on any atom is -0.389 e. The number of nitrogens with zero attached hydrogens (tertiary/aromatic N) is 2. The molecular weight excluding hydrogens is 288 g/mol. The van der Waals surface area contributed by atoms with Gasteiger partial charge in [0, 0.05) is 17.3 Å². The van der Waals surface area contributed by atoms with Crippen LogP contribution in [0.1, 0.15) is 40.9 Å². The molecular formula is C14H18N4S2. The molecule has 4 nitrogen and oxygen atoms in total. The molecule has 2 rings (SSSR count). The molecule has 0 aliphatic rings. The number of aryl methyl sites for hydroxylation is 2. The summed E-state index contributed by atoms with van der Waals surface area (Å²) < 4.78 is 0. The molecule has 0 fully saturated rings. The summed E-state index contributed by atoms with van der Waals surface area (Å²) >= 11 is 6.83. The van der Waals surface area contributed by atoms with Crippen molar-refractivity contribution in [1.29, 1.82) is 0 Å². The summed E-state index contributed by atoms with van der Waals surface area (Å²) in [6.45, 7) is 6.17. The van der Waals surface area contributed by atoms with Crippen LogP contribution < -0.4 is 11.1 Å². The molecule has 0 spiro atoms. The minimum atomic E-state index is 0.0719. The maximum absolute atomic E-state index is 5.79. The van der Waals surface area contributed by atoms with E-state index in [1.807, 2.05) is 19.2 Å². The molecule has 1 atom stereocenters. The zero-order valence-electron chi connectivity index (χ0n) is 11.8. The molecule has 0 radical (unpaired) electrons. The van der Waals surface area contributed by atoms with Crippen molar-refractivity contribution in [3.05, 3.63) is 39.5 Å². The van der Waals surface area contributed by atoms with E-state index in [1.54, 1.807) is 17.5 Å². The molecule has 6 heteroatoms. The first kappa shape index (κ1) is 14.9. The predicted octanol–water partition coefficient (Wildman–Crippen LogP) is 3.22. The van der Waals surface area contributed by atoms with E-state index in [1.165, 1.54) is 4.88 Å². The number of aromatic nitrogens is 2. The smallest absolute Gasteiger partial charge is 0.137 e. The number of thiocarbonyl (C=S) groups is 1. The molecule has 0 bridgehead atoms. The molecule has 2 aromatic heterocycles. The molecule has 2 aromatic rings. The molecule has 0 amide bonds. The first-order valence-electron chi connectivity index (χ1n) is 6.49. The third-order valence-electron chi connectivity index (χ3n) is 3.05. The molecule has 20 heavy (non-hydrogen) atoms. The van der Waals surface area contributed by atoms with E-state index >= 15 is 0 Å². The average molecular weight is 306 g/mol. The Morgan fingerprint density at radius 2 is 2.25 bits per heavy atom. The van der Waals surface area contributed by atoms with Crippen molar-refractivity contribution in [2.24, 2.45) is 5.73 Å². The number of hydrogen-bond donors (Lipinski definition) is 2. The quantitative estimate of drug-likeness (QED) is 0.830. The van der Waals surface area contributed by atoms with Crippen molar-refractivity contribution in [3.8, 4) is 0 Å². The van der Waals surface area contributed by atoms with Crippen LogP contribution in [0.2, 0.25) is 0 Å². The highest BCUT2D eigenvalue weighted by atomic mass is 32.1. The lowest BCUT2D eigenvalue weighted by molar-refractivity contribution is 0.859. The SMILES string of the molecule is CCc1cnc(C(C)Nc2nccc(C)c2C(N)=S)s1. The number of nitrogens with two attached hydrogens (primary N) is 1. The average Bonchev–Trinajstić information content (AvgIpc) is 2.87. The minimum absolute atomic E-state index is 0.0719. The van der Waals surface area contributed by atoms with Gasteiger partial charge in [0.2, 0.25) is 0 Å². The van der Waals surface area contributed by atoms with Crippen LogP contribution in [-0.4, -0.2) is 15.0 Å². The predicted molar refractivity (Wildman–Crippen MR) is 88.4 cm³/mol. The van der Waals surface area contributed by atoms with E-state index in [4.69, 9.17) is 18.0 Å². The first-order chi connectivity index (χ1) is 9.52. The Kier molecular flexibility index (Phi) is 4.67. The summed E-state index contributed by atoms with van der Waals surface area (Å²) in [6, 6.07) is 1.98. The maximum atomic E-state index is 5.79. The van der Waals surface area contributed by atoms with Crippen molar-refractivity contribution in [1.82, 2.24) is 9.97 Å². The topological polar surface area (TPSA) is 63.8 Å². The van der Waals surface area contributed by atoms with Gasteiger partial charge in [0.25, 0.3) is 0 Å². The van der Waals surface area contributed by atoms with E-state index in [0.717, 1.165) is 28.4 Å². The van der Waals surface area contributed by atoms with Gasteiger partial charge in [0.1, 0.15) is 15.8 Å². The zero-order chi connectivity index (χ0) is 14.7. The summed E-state index contributed by atoms with van der Waals surface area (Å²) in [5.41, 5.74) is 7.62. The largest absolute Gasteiger partial charge is 0.389 e. The lowest BCUT2D eigenvalue weighted by atomic mass is 10.1. The van der Waals surface area contributed by atoms with Gasteiger partial charge in [-0.05, 0) is 31.9 Å². The van der Waals surface area contributed by atoms with Crippen LogP contribution in [0.15, 0.2) is 18.5 Å². The Labute approximate surface area is 128 Å². The summed E-state index contributed by atoms with van der Waals surface area (Å²) in [4.78, 5) is 10.4. The van der Waals surface area contributed by atoms with Gasteiger partial charge in [-0.2, -0.15) is 0 Å². The van der Waals surface area contributed by atoms with Crippen molar-refractivity contribution >= 4 is 34.4 Å². The number of pyridine rings is 1. The van der Waals surface area contributed by atoms with Crippen LogP contribution >= 0.6 is 23.6 Å². The number of thiazole rings is 1. The second kappa shape index (κ2) is 6.28. The van der Waals surface area contributed by atoms with Crippen molar-refractivity contribution in [2.45, 2.75) is 33.2 Å². The highest BCUT2D eigenvalue weighted by molar-refractivity contribution is 7.80. The fraction of sp³-hybridized carbons (Fsp3) is 0.357. The second-order valence-electron chi connectivity index (χ2n) is 4.60. The van der Waals surface area contributed by atoms with Crippen LogP contribution in [0.4, 0.5) is 5.82 Å². The van der Waals surface area contributed by atoms with E-state index in [0.29, 0.717) is 4.99 Å². The molecule has 0 aliphatic carbocycles. The summed E-state index contributed by atoms with van der Waals surface area (Å²) in [7, 11) is 0. The first-order valence-corrected chi connectivity index (χ1v) is 7.72. The van der Waals surface area contributed by atoms with Gasteiger partial charge in [0.15, 0.2) is 0 Å². The van der Waals surface area contributed by atoms with Crippen LogP contribution in [0.3, 0.4) is 0 Å². The fourth-order valence-electron chi connectivity index (χ4n) is 1.93. The number of anilines is 1. The van der Waals surface area contributed by atoms with Gasteiger partial charge in [-0.15, -0.1) is 11.3 Å². The van der Waals surface area contributed by atoms with E-state index < -0.39 is 0 Å². The molecule has 0 aromatic carbocycles. The normalized spacial score (nSPS) is 12.2. The van der Waals surface area contributed by atoms with Crippen molar-refractivity contribution < 1.29 is 0 Å². The molecule has 0 aliphatic heterocycles. The number of hydrogen-bond acceptors (Lipinski definition) is 5. The van der Waals surface area contributed by atoms with Gasteiger partial charge in [0.05, 0.1) is 11.6 Å². The monoisotopic (exact) mass is 306 g/mol. The van der Waals surface area contributed by atoms with Gasteiger partial charge < -0.3 is 11.1 Å². The Bertz CT molecular complexity index is 621. The molecule has 3 N–H and O–H groups in total. The van der Waals surface area contributed by atoms with Crippen LogP contribution in [0.5, 0.6) is 0 Å². The summed E-state index contributed by atoms with van der Waals surface area (Å²) in [5, 5.41) is 4.40. The molecule has 106 valence electrons. The van der Waals surface area contributed by atoms with Crippen LogP contribution in [0, 0.1) is 6.92 Å². The Morgan fingerprint density at radius 3 is 2.85 bits per heavy atom. The number of rotatable bonds is 5. The second-order valence-corrected chi connectivity index (χ2v) is 6.19. The lowest BCUT2D eigenvalue weighted by Gasteiger charge is -2.16. The van der Waals surface area contributed by atoms with E-state index in [2.05, 4.69) is 29.1 Å². The summed E-state index contributed by atoms with van der Waals surface area (Å²) in [5.74, 6) is 0.721. The Hall–Kier alpha value is -1.53. The maximum Gasteiger partial charge on any atom is 0.137 e. The molecule has 1 unspecified atom stereocenters. The lowest BCUT2D eigenvalue weighted by Crippen LogP contribution is -2.17. The number of nitrogens with one attached hydrogen (secondary N) is 1. The fourth-order valence-corrected chi connectivity index (χ4v) is 3.05. The highest BCUT2D eigenvalue weighted by Crippen LogP contribution is 2.25. The van der Waals surface area contributed by atoms with Crippen molar-refractivity contribution in [3.63, 3.8) is 0 Å². The molecule has 0 saturated heterocycles. The van der Waals surface area contributed by atoms with Gasteiger partial charge in [-0.3, -0.25) is 0 Å². The summed E-state index contributed by atoms with van der Waals surface area (Å²) in [6.07, 6.45) is 4.69. The Balaban J connectivity index is 2.25. The third kappa shape index (κ3) is 3.13. The molecule has 2 heterocycles. The molecule has 0 saturated carbocycles. The van der Waals surface area contributed by atoms with Gasteiger partial charge >= 0.3 is 0 Å². The van der Waals surface area contributed by atoms with Gasteiger partial charge in [-0.1, -0.05) is 19.1 Å². The van der Waals surface area contributed by atoms with E-state index in [-0.39, 0.29) is 6.04 Å². The standard InChI is InChI=1S/C14H18N4S2/c1-4-10-7-17-14(20-10)9(3)18-13-11(12(15)19)8(2)5-6-16-13/h5-7,9H,4H2,1-3H3,(H2,15,19)(H,16,18). The third-order valence-corrected chi connectivity index (χ3v) is 4.58. The van der Waals surface area contributed by atoms with Crippen LogP contribution in [-0.2, 0) is 6.42 Å². The van der Waals surface area contributed by atoms with E-state index in [9.17, 15) is 0 Å². The highest BCUT2D eigenvalue weighted by Gasteiger charge is 2.15. The van der Waals surface area contributed by atoms with Crippen molar-refractivity contribution in [2.75, 3.05) is 5.32 Å².